The Kier molecular flexibility index (Phi) is 6.73. The number of rotatable bonds is 6. The lowest BCUT2D eigenvalue weighted by Gasteiger charge is -2.51. The molecule has 0 spiro atoms. The SMILES string of the molecule is Cc1ccc(S(=O)(=O)N2O[C@H](c3ccccc3)C[C@@H]2CON2C(C)(C)CCCC2(C)C)cc1. The first-order valence-electron chi connectivity index (χ1n) is 11.8. The molecule has 2 aromatic carbocycles. The molecular formula is C26H36N2O4S. The van der Waals surface area contributed by atoms with E-state index in [0.717, 1.165) is 30.4 Å². The first kappa shape index (κ1) is 24.4. The number of nitrogens with zero attached hydrogens (tertiary/aromatic N) is 2. The molecular weight excluding hydrogens is 436 g/mol. The standard InChI is InChI=1S/C26H36N2O4S/c1-20-12-14-23(15-13-20)33(29,30)27-22(18-24(32-27)21-10-7-6-8-11-21)19-31-28-25(2,3)16-9-17-26(28,4)5/h6-8,10-15,22,24H,9,16-19H2,1-5H3/t22-,24+/m1/s1. The van der Waals surface area contributed by atoms with Crippen molar-refractivity contribution in [3.8, 4) is 0 Å². The third kappa shape index (κ3) is 5.03. The Balaban J connectivity index is 1.61. The zero-order chi connectivity index (χ0) is 23.9. The number of piperidine rings is 1. The van der Waals surface area contributed by atoms with Crippen LogP contribution in [0.3, 0.4) is 0 Å². The average Bonchev–Trinajstić information content (AvgIpc) is 3.18. The van der Waals surface area contributed by atoms with Crippen LogP contribution in [0.2, 0.25) is 0 Å². The van der Waals surface area contributed by atoms with E-state index in [-0.39, 0.29) is 28.7 Å². The van der Waals surface area contributed by atoms with Gasteiger partial charge in [-0.2, -0.15) is 5.06 Å². The summed E-state index contributed by atoms with van der Waals surface area (Å²) in [6, 6.07) is 16.2. The van der Waals surface area contributed by atoms with E-state index in [1.807, 2.05) is 49.4 Å². The molecule has 2 aliphatic rings. The first-order chi connectivity index (χ1) is 15.5. The molecule has 2 atom stereocenters. The van der Waals surface area contributed by atoms with Crippen molar-refractivity contribution in [3.63, 3.8) is 0 Å². The molecule has 2 heterocycles. The van der Waals surface area contributed by atoms with Crippen molar-refractivity contribution in [1.82, 2.24) is 9.53 Å². The van der Waals surface area contributed by atoms with E-state index in [2.05, 4.69) is 32.8 Å². The first-order valence-corrected chi connectivity index (χ1v) is 13.2. The zero-order valence-electron chi connectivity index (χ0n) is 20.3. The Hall–Kier alpha value is -1.77. The maximum absolute atomic E-state index is 13.6. The van der Waals surface area contributed by atoms with Crippen LogP contribution in [0.4, 0.5) is 0 Å². The van der Waals surface area contributed by atoms with E-state index in [1.54, 1.807) is 12.1 Å². The van der Waals surface area contributed by atoms with Crippen LogP contribution in [-0.4, -0.2) is 41.7 Å². The highest BCUT2D eigenvalue weighted by Crippen LogP contribution is 2.41. The lowest BCUT2D eigenvalue weighted by Crippen LogP contribution is -2.59. The summed E-state index contributed by atoms with van der Waals surface area (Å²) in [5.74, 6) is 0. The molecule has 33 heavy (non-hydrogen) atoms. The predicted molar refractivity (Wildman–Crippen MR) is 129 cm³/mol. The topological polar surface area (TPSA) is 59.1 Å². The summed E-state index contributed by atoms with van der Waals surface area (Å²) in [6.07, 6.45) is 3.41. The molecule has 0 amide bonds. The largest absolute Gasteiger partial charge is 0.296 e. The molecule has 0 aromatic heterocycles. The van der Waals surface area contributed by atoms with Gasteiger partial charge in [0, 0.05) is 17.5 Å². The normalized spacial score (nSPS) is 25.8. The van der Waals surface area contributed by atoms with Gasteiger partial charge < -0.3 is 0 Å². The van der Waals surface area contributed by atoms with E-state index in [1.165, 1.54) is 4.47 Å². The summed E-state index contributed by atoms with van der Waals surface area (Å²) in [4.78, 5) is 12.7. The van der Waals surface area contributed by atoms with Gasteiger partial charge >= 0.3 is 0 Å². The highest BCUT2D eigenvalue weighted by molar-refractivity contribution is 7.89. The minimum Gasteiger partial charge on any atom is -0.296 e. The van der Waals surface area contributed by atoms with Crippen molar-refractivity contribution in [2.24, 2.45) is 0 Å². The van der Waals surface area contributed by atoms with Gasteiger partial charge in [-0.15, -0.1) is 0 Å². The molecule has 0 radical (unpaired) electrons. The van der Waals surface area contributed by atoms with Crippen LogP contribution in [0.15, 0.2) is 59.5 Å². The van der Waals surface area contributed by atoms with E-state index < -0.39 is 16.1 Å². The fourth-order valence-corrected chi connectivity index (χ4v) is 6.58. The lowest BCUT2D eigenvalue weighted by atomic mass is 9.82. The number of hydrogen-bond donors (Lipinski definition) is 0. The van der Waals surface area contributed by atoms with Gasteiger partial charge in [-0.1, -0.05) is 52.5 Å². The summed E-state index contributed by atoms with van der Waals surface area (Å²) < 4.78 is 28.3. The van der Waals surface area contributed by atoms with Crippen molar-refractivity contribution in [2.75, 3.05) is 6.61 Å². The van der Waals surface area contributed by atoms with Crippen molar-refractivity contribution >= 4 is 10.0 Å². The molecule has 0 N–H and O–H groups in total. The third-order valence-electron chi connectivity index (χ3n) is 6.82. The summed E-state index contributed by atoms with van der Waals surface area (Å²) >= 11 is 0. The summed E-state index contributed by atoms with van der Waals surface area (Å²) in [7, 11) is -3.84. The van der Waals surface area contributed by atoms with Crippen LogP contribution in [-0.2, 0) is 19.7 Å². The van der Waals surface area contributed by atoms with Crippen molar-refractivity contribution in [2.45, 2.75) is 88.4 Å². The van der Waals surface area contributed by atoms with Crippen LogP contribution in [0.25, 0.3) is 0 Å². The average molecular weight is 473 g/mol. The van der Waals surface area contributed by atoms with Gasteiger partial charge in [0.2, 0.25) is 0 Å². The van der Waals surface area contributed by atoms with Crippen LogP contribution in [0.1, 0.15) is 70.6 Å². The van der Waals surface area contributed by atoms with Crippen molar-refractivity contribution in [1.29, 1.82) is 0 Å². The Morgan fingerprint density at radius 1 is 0.970 bits per heavy atom. The van der Waals surface area contributed by atoms with Gasteiger partial charge in [-0.05, 0) is 71.6 Å². The van der Waals surface area contributed by atoms with Gasteiger partial charge in [0.05, 0.1) is 17.5 Å². The van der Waals surface area contributed by atoms with Crippen LogP contribution >= 0.6 is 0 Å². The second-order valence-corrected chi connectivity index (χ2v) is 12.3. The monoisotopic (exact) mass is 472 g/mol. The second-order valence-electron chi connectivity index (χ2n) is 10.5. The molecule has 7 heteroatoms. The number of sulfonamides is 1. The maximum Gasteiger partial charge on any atom is 0.265 e. The molecule has 4 rings (SSSR count). The molecule has 180 valence electrons. The Bertz CT molecular complexity index is 1040. The number of hydroxylamine groups is 3. The fraction of sp³-hybridized carbons (Fsp3) is 0.538. The predicted octanol–water partition coefficient (Wildman–Crippen LogP) is 5.41. The van der Waals surface area contributed by atoms with Gasteiger partial charge in [-0.3, -0.25) is 9.68 Å². The van der Waals surface area contributed by atoms with Crippen molar-refractivity contribution < 1.29 is 18.1 Å². The molecule has 0 saturated carbocycles. The molecule has 0 bridgehead atoms. The highest BCUT2D eigenvalue weighted by atomic mass is 32.2. The van der Waals surface area contributed by atoms with Gasteiger partial charge in [0.25, 0.3) is 10.0 Å². The second kappa shape index (κ2) is 9.12. The minimum absolute atomic E-state index is 0.124. The number of aryl methyl sites for hydroxylation is 1. The quantitative estimate of drug-likeness (QED) is 0.563. The maximum atomic E-state index is 13.6. The molecule has 2 aliphatic heterocycles. The zero-order valence-corrected chi connectivity index (χ0v) is 21.1. The van der Waals surface area contributed by atoms with Gasteiger partial charge in [0.15, 0.2) is 0 Å². The van der Waals surface area contributed by atoms with E-state index >= 15 is 0 Å². The Morgan fingerprint density at radius 2 is 1.58 bits per heavy atom. The van der Waals surface area contributed by atoms with E-state index in [0.29, 0.717) is 6.42 Å². The van der Waals surface area contributed by atoms with E-state index in [9.17, 15) is 8.42 Å². The Morgan fingerprint density at radius 3 is 2.18 bits per heavy atom. The molecule has 6 nitrogen and oxygen atoms in total. The van der Waals surface area contributed by atoms with Crippen molar-refractivity contribution in [3.05, 3.63) is 65.7 Å². The Labute approximate surface area is 198 Å². The molecule has 0 aliphatic carbocycles. The van der Waals surface area contributed by atoms with E-state index in [4.69, 9.17) is 9.68 Å². The molecule has 2 aromatic rings. The number of hydrogen-bond acceptors (Lipinski definition) is 5. The molecule has 0 unspecified atom stereocenters. The van der Waals surface area contributed by atoms with Gasteiger partial charge in [0.1, 0.15) is 6.10 Å². The lowest BCUT2D eigenvalue weighted by molar-refractivity contribution is -0.287. The van der Waals surface area contributed by atoms with Crippen LogP contribution < -0.4 is 0 Å². The molecule has 2 saturated heterocycles. The third-order valence-corrected chi connectivity index (χ3v) is 8.54. The smallest absolute Gasteiger partial charge is 0.265 e. The fourth-order valence-electron chi connectivity index (χ4n) is 5.13. The molecule has 2 fully saturated rings. The summed E-state index contributed by atoms with van der Waals surface area (Å²) in [5, 5.41) is 2.08. The van der Waals surface area contributed by atoms with Crippen LogP contribution in [0, 0.1) is 6.92 Å². The number of benzene rings is 2. The van der Waals surface area contributed by atoms with Gasteiger partial charge in [-0.25, -0.2) is 8.42 Å². The highest BCUT2D eigenvalue weighted by Gasteiger charge is 2.46. The van der Waals surface area contributed by atoms with Crippen LogP contribution in [0.5, 0.6) is 0 Å². The summed E-state index contributed by atoms with van der Waals surface area (Å²) in [6.45, 7) is 10.9. The minimum atomic E-state index is -3.84. The summed E-state index contributed by atoms with van der Waals surface area (Å²) in [5.41, 5.74) is 1.72.